The maximum atomic E-state index is 6.22. The van der Waals surface area contributed by atoms with Crippen molar-refractivity contribution in [3.05, 3.63) is 57.3 Å². The summed E-state index contributed by atoms with van der Waals surface area (Å²) in [6, 6.07) is 8.54. The molecule has 1 atom stereocenters. The van der Waals surface area contributed by atoms with E-state index < -0.39 is 0 Å². The quantitative estimate of drug-likeness (QED) is 0.819. The van der Waals surface area contributed by atoms with E-state index in [9.17, 15) is 0 Å². The molecule has 0 radical (unpaired) electrons. The van der Waals surface area contributed by atoms with Crippen molar-refractivity contribution < 1.29 is 0 Å². The van der Waals surface area contributed by atoms with Gasteiger partial charge in [-0.1, -0.05) is 23.8 Å². The highest BCUT2D eigenvalue weighted by Crippen LogP contribution is 2.24. The molecule has 1 heterocycles. The molecule has 2 N–H and O–H groups in total. The molecular weight excluding hydrogens is 202 g/mol. The fourth-order valence-electron chi connectivity index (χ4n) is 1.81. The largest absolute Gasteiger partial charge is 0.320 e. The van der Waals surface area contributed by atoms with E-state index in [2.05, 4.69) is 48.9 Å². The lowest BCUT2D eigenvalue weighted by Crippen LogP contribution is -2.12. The first kappa shape index (κ1) is 10.4. The van der Waals surface area contributed by atoms with Crippen LogP contribution in [0.2, 0.25) is 0 Å². The average Bonchev–Trinajstić information content (AvgIpc) is 2.69. The second-order valence-electron chi connectivity index (χ2n) is 3.89. The van der Waals surface area contributed by atoms with Crippen molar-refractivity contribution in [2.75, 3.05) is 0 Å². The minimum atomic E-state index is 0.0110. The van der Waals surface area contributed by atoms with E-state index in [4.69, 9.17) is 5.73 Å². The Labute approximate surface area is 94.6 Å². The summed E-state index contributed by atoms with van der Waals surface area (Å²) in [5.74, 6) is 0. The van der Waals surface area contributed by atoms with Gasteiger partial charge < -0.3 is 5.73 Å². The SMILES string of the molecule is Cc1ccc(C(N)c2ccsc2)c(C)c1. The van der Waals surface area contributed by atoms with Crippen LogP contribution in [0.1, 0.15) is 28.3 Å². The summed E-state index contributed by atoms with van der Waals surface area (Å²) in [4.78, 5) is 0. The number of aryl methyl sites for hydroxylation is 2. The Bertz CT molecular complexity index is 446. The Balaban J connectivity index is 2.38. The summed E-state index contributed by atoms with van der Waals surface area (Å²) < 4.78 is 0. The molecule has 2 rings (SSSR count). The highest BCUT2D eigenvalue weighted by molar-refractivity contribution is 7.08. The average molecular weight is 217 g/mol. The molecule has 15 heavy (non-hydrogen) atoms. The monoisotopic (exact) mass is 217 g/mol. The van der Waals surface area contributed by atoms with Gasteiger partial charge in [-0.3, -0.25) is 0 Å². The van der Waals surface area contributed by atoms with Crippen LogP contribution >= 0.6 is 11.3 Å². The third-order valence-electron chi connectivity index (χ3n) is 2.66. The lowest BCUT2D eigenvalue weighted by molar-refractivity contribution is 0.866. The molecule has 0 saturated heterocycles. The van der Waals surface area contributed by atoms with Crippen LogP contribution in [-0.4, -0.2) is 0 Å². The molecular formula is C13H15NS. The molecule has 1 nitrogen and oxygen atoms in total. The lowest BCUT2D eigenvalue weighted by Gasteiger charge is -2.14. The summed E-state index contributed by atoms with van der Waals surface area (Å²) in [7, 11) is 0. The van der Waals surface area contributed by atoms with E-state index in [1.165, 1.54) is 22.3 Å². The molecule has 2 heteroatoms. The smallest absolute Gasteiger partial charge is 0.0562 e. The van der Waals surface area contributed by atoms with Crippen molar-refractivity contribution in [1.82, 2.24) is 0 Å². The zero-order chi connectivity index (χ0) is 10.8. The van der Waals surface area contributed by atoms with Crippen molar-refractivity contribution in [2.45, 2.75) is 19.9 Å². The maximum Gasteiger partial charge on any atom is 0.0562 e. The topological polar surface area (TPSA) is 26.0 Å². The zero-order valence-electron chi connectivity index (χ0n) is 9.03. The Morgan fingerprint density at radius 2 is 2.00 bits per heavy atom. The number of nitrogens with two attached hydrogens (primary N) is 1. The van der Waals surface area contributed by atoms with Crippen LogP contribution in [0.25, 0.3) is 0 Å². The molecule has 0 aliphatic rings. The summed E-state index contributed by atoms with van der Waals surface area (Å²) in [6.07, 6.45) is 0. The van der Waals surface area contributed by atoms with Crippen molar-refractivity contribution in [3.8, 4) is 0 Å². The second kappa shape index (κ2) is 4.17. The summed E-state index contributed by atoms with van der Waals surface area (Å²) in [5.41, 5.74) is 11.2. The predicted molar refractivity (Wildman–Crippen MR) is 66.3 cm³/mol. The van der Waals surface area contributed by atoms with Crippen LogP contribution in [0.5, 0.6) is 0 Å². The summed E-state index contributed by atoms with van der Waals surface area (Å²) in [6.45, 7) is 4.22. The van der Waals surface area contributed by atoms with Crippen molar-refractivity contribution >= 4 is 11.3 Å². The van der Waals surface area contributed by atoms with E-state index in [-0.39, 0.29) is 6.04 Å². The third kappa shape index (κ3) is 2.11. The molecule has 0 bridgehead atoms. The van der Waals surface area contributed by atoms with Gasteiger partial charge in [-0.05, 0) is 47.4 Å². The van der Waals surface area contributed by atoms with Crippen LogP contribution in [0.4, 0.5) is 0 Å². The number of hydrogen-bond acceptors (Lipinski definition) is 2. The minimum Gasteiger partial charge on any atom is -0.320 e. The highest BCUT2D eigenvalue weighted by Gasteiger charge is 2.11. The number of benzene rings is 1. The Morgan fingerprint density at radius 1 is 1.20 bits per heavy atom. The molecule has 0 saturated carbocycles. The third-order valence-corrected chi connectivity index (χ3v) is 3.36. The Morgan fingerprint density at radius 3 is 2.60 bits per heavy atom. The van der Waals surface area contributed by atoms with Crippen LogP contribution in [0.3, 0.4) is 0 Å². The Hall–Kier alpha value is -1.12. The van der Waals surface area contributed by atoms with Gasteiger partial charge in [0.25, 0.3) is 0 Å². The zero-order valence-corrected chi connectivity index (χ0v) is 9.84. The lowest BCUT2D eigenvalue weighted by atomic mass is 9.96. The van der Waals surface area contributed by atoms with Crippen molar-refractivity contribution in [2.24, 2.45) is 5.73 Å². The Kier molecular flexibility index (Phi) is 2.89. The summed E-state index contributed by atoms with van der Waals surface area (Å²) in [5, 5.41) is 4.18. The number of thiophene rings is 1. The van der Waals surface area contributed by atoms with Crippen LogP contribution in [-0.2, 0) is 0 Å². The first-order chi connectivity index (χ1) is 7.18. The molecule has 0 amide bonds. The highest BCUT2D eigenvalue weighted by atomic mass is 32.1. The normalized spacial score (nSPS) is 12.7. The second-order valence-corrected chi connectivity index (χ2v) is 4.67. The summed E-state index contributed by atoms with van der Waals surface area (Å²) >= 11 is 1.69. The van der Waals surface area contributed by atoms with Gasteiger partial charge in [0.1, 0.15) is 0 Å². The van der Waals surface area contributed by atoms with E-state index in [1.807, 2.05) is 0 Å². The van der Waals surface area contributed by atoms with Crippen LogP contribution in [0, 0.1) is 13.8 Å². The van der Waals surface area contributed by atoms with Gasteiger partial charge in [-0.2, -0.15) is 11.3 Å². The van der Waals surface area contributed by atoms with Gasteiger partial charge in [0, 0.05) is 0 Å². The van der Waals surface area contributed by atoms with E-state index in [1.54, 1.807) is 11.3 Å². The molecule has 1 unspecified atom stereocenters. The molecule has 0 fully saturated rings. The van der Waals surface area contributed by atoms with Gasteiger partial charge in [0.05, 0.1) is 6.04 Å². The molecule has 2 aromatic rings. The van der Waals surface area contributed by atoms with E-state index >= 15 is 0 Å². The first-order valence-corrected chi connectivity index (χ1v) is 5.97. The van der Waals surface area contributed by atoms with Crippen molar-refractivity contribution in [1.29, 1.82) is 0 Å². The first-order valence-electron chi connectivity index (χ1n) is 5.03. The number of rotatable bonds is 2. The van der Waals surface area contributed by atoms with Crippen LogP contribution in [0.15, 0.2) is 35.0 Å². The van der Waals surface area contributed by atoms with Gasteiger partial charge in [-0.25, -0.2) is 0 Å². The molecule has 0 aliphatic carbocycles. The molecule has 0 spiro atoms. The molecule has 1 aromatic carbocycles. The minimum absolute atomic E-state index is 0.0110. The van der Waals surface area contributed by atoms with Gasteiger partial charge >= 0.3 is 0 Å². The molecule has 0 aliphatic heterocycles. The molecule has 78 valence electrons. The fourth-order valence-corrected chi connectivity index (χ4v) is 2.50. The van der Waals surface area contributed by atoms with E-state index in [0.717, 1.165) is 0 Å². The molecule has 1 aromatic heterocycles. The number of hydrogen-bond donors (Lipinski definition) is 1. The van der Waals surface area contributed by atoms with Gasteiger partial charge in [0.2, 0.25) is 0 Å². The van der Waals surface area contributed by atoms with E-state index in [0.29, 0.717) is 0 Å². The van der Waals surface area contributed by atoms with Gasteiger partial charge in [-0.15, -0.1) is 0 Å². The van der Waals surface area contributed by atoms with Crippen LogP contribution < -0.4 is 5.73 Å². The predicted octanol–water partition coefficient (Wildman–Crippen LogP) is 3.41. The standard InChI is InChI=1S/C13H15NS/c1-9-3-4-12(10(2)7-9)13(14)11-5-6-15-8-11/h3-8,13H,14H2,1-2H3. The van der Waals surface area contributed by atoms with Crippen molar-refractivity contribution in [3.63, 3.8) is 0 Å². The van der Waals surface area contributed by atoms with Gasteiger partial charge in [0.15, 0.2) is 0 Å². The maximum absolute atomic E-state index is 6.22. The fraction of sp³-hybridized carbons (Fsp3) is 0.231.